The normalized spacial score (nSPS) is 29.2. The van der Waals surface area contributed by atoms with Crippen molar-refractivity contribution < 1.29 is 4.74 Å². The molecule has 0 heterocycles. The molecule has 0 amide bonds. The molecule has 15 heavy (non-hydrogen) atoms. The fourth-order valence-corrected chi connectivity index (χ4v) is 3.05. The number of thioether (sulfide) groups is 1. The second-order valence-corrected chi connectivity index (χ2v) is 5.12. The number of rotatable bonds is 3. The molecule has 2 heteroatoms. The summed E-state index contributed by atoms with van der Waals surface area (Å²) in [5.41, 5.74) is 1.29. The van der Waals surface area contributed by atoms with Gasteiger partial charge in [0.25, 0.3) is 0 Å². The summed E-state index contributed by atoms with van der Waals surface area (Å²) in [6, 6.07) is 0. The van der Waals surface area contributed by atoms with Crippen LogP contribution >= 0.6 is 11.8 Å². The monoisotopic (exact) mass is 220 g/mol. The molecule has 0 spiro atoms. The van der Waals surface area contributed by atoms with Gasteiger partial charge in [0.15, 0.2) is 0 Å². The molecule has 1 nitrogen and oxygen atoms in total. The lowest BCUT2D eigenvalue weighted by Crippen LogP contribution is -2.29. The fraction of sp³-hybridized carbons (Fsp3) is 0.385. The standard InChI is InChI=1S/C13H16OS/c1-11-7-5-6-10-13(11,14-2)15-12-8-3-4-9-12/h3,5-9H,4,10H2,1-2H3. The summed E-state index contributed by atoms with van der Waals surface area (Å²) in [5, 5.41) is 0. The van der Waals surface area contributed by atoms with E-state index in [0.29, 0.717) is 0 Å². The molecule has 0 aromatic heterocycles. The van der Waals surface area contributed by atoms with Gasteiger partial charge in [-0.3, -0.25) is 0 Å². The molecule has 2 aliphatic rings. The van der Waals surface area contributed by atoms with Crippen LogP contribution in [-0.4, -0.2) is 12.0 Å². The predicted molar refractivity (Wildman–Crippen MR) is 66.7 cm³/mol. The van der Waals surface area contributed by atoms with Crippen LogP contribution in [0.25, 0.3) is 0 Å². The highest BCUT2D eigenvalue weighted by Crippen LogP contribution is 2.44. The second kappa shape index (κ2) is 4.42. The Hall–Kier alpha value is -0.730. The summed E-state index contributed by atoms with van der Waals surface area (Å²) < 4.78 is 5.72. The van der Waals surface area contributed by atoms with Crippen LogP contribution in [0.4, 0.5) is 0 Å². The SMILES string of the molecule is COC1(SC2=CCC=C2)CC=CC=C1C. The van der Waals surface area contributed by atoms with Gasteiger partial charge in [0.2, 0.25) is 0 Å². The molecule has 80 valence electrons. The molecule has 1 atom stereocenters. The highest BCUT2D eigenvalue weighted by molar-refractivity contribution is 8.04. The predicted octanol–water partition coefficient (Wildman–Crippen LogP) is 3.81. The quantitative estimate of drug-likeness (QED) is 0.669. The van der Waals surface area contributed by atoms with E-state index in [4.69, 9.17) is 4.74 Å². The van der Waals surface area contributed by atoms with E-state index < -0.39 is 0 Å². The lowest BCUT2D eigenvalue weighted by atomic mass is 10.0. The van der Waals surface area contributed by atoms with Crippen molar-refractivity contribution in [2.45, 2.75) is 24.7 Å². The third-order valence-electron chi connectivity index (χ3n) is 2.82. The second-order valence-electron chi connectivity index (χ2n) is 3.79. The molecule has 0 saturated heterocycles. The average Bonchev–Trinajstić information content (AvgIpc) is 2.74. The van der Waals surface area contributed by atoms with Gasteiger partial charge in [0, 0.05) is 18.4 Å². The molecular formula is C13H16OS. The van der Waals surface area contributed by atoms with Crippen LogP contribution in [0.15, 0.2) is 46.9 Å². The Labute approximate surface area is 95.6 Å². The maximum Gasteiger partial charge on any atom is 0.142 e. The van der Waals surface area contributed by atoms with Gasteiger partial charge in [-0.15, -0.1) is 0 Å². The summed E-state index contributed by atoms with van der Waals surface area (Å²) in [6.45, 7) is 2.14. The van der Waals surface area contributed by atoms with E-state index in [1.54, 1.807) is 7.11 Å². The first-order chi connectivity index (χ1) is 7.27. The van der Waals surface area contributed by atoms with Crippen LogP contribution in [0.3, 0.4) is 0 Å². The van der Waals surface area contributed by atoms with Crippen LogP contribution in [-0.2, 0) is 4.74 Å². The lowest BCUT2D eigenvalue weighted by Gasteiger charge is -2.33. The Morgan fingerprint density at radius 3 is 2.87 bits per heavy atom. The molecule has 0 aromatic carbocycles. The molecule has 2 aliphatic carbocycles. The smallest absolute Gasteiger partial charge is 0.142 e. The molecule has 0 fully saturated rings. The zero-order valence-electron chi connectivity index (χ0n) is 9.19. The summed E-state index contributed by atoms with van der Waals surface area (Å²) in [6.07, 6.45) is 15.0. The Bertz CT molecular complexity index is 363. The van der Waals surface area contributed by atoms with Gasteiger partial charge in [-0.25, -0.2) is 0 Å². The third-order valence-corrected chi connectivity index (χ3v) is 4.34. The van der Waals surface area contributed by atoms with Gasteiger partial charge in [-0.2, -0.15) is 0 Å². The lowest BCUT2D eigenvalue weighted by molar-refractivity contribution is 0.103. The Balaban J connectivity index is 2.18. The van der Waals surface area contributed by atoms with Gasteiger partial charge in [0.05, 0.1) is 0 Å². The molecule has 2 rings (SSSR count). The van der Waals surface area contributed by atoms with Crippen LogP contribution in [0.2, 0.25) is 0 Å². The summed E-state index contributed by atoms with van der Waals surface area (Å²) >= 11 is 1.82. The van der Waals surface area contributed by atoms with Gasteiger partial charge in [-0.1, -0.05) is 48.2 Å². The largest absolute Gasteiger partial charge is 0.363 e. The molecule has 0 N–H and O–H groups in total. The molecular weight excluding hydrogens is 204 g/mol. The molecule has 0 radical (unpaired) electrons. The summed E-state index contributed by atoms with van der Waals surface area (Å²) in [4.78, 5) is 1.13. The van der Waals surface area contributed by atoms with Crippen molar-refractivity contribution in [3.05, 3.63) is 46.9 Å². The molecule has 0 bridgehead atoms. The minimum Gasteiger partial charge on any atom is -0.363 e. The Morgan fingerprint density at radius 1 is 1.40 bits per heavy atom. The maximum atomic E-state index is 5.72. The topological polar surface area (TPSA) is 9.23 Å². The van der Waals surface area contributed by atoms with Gasteiger partial charge < -0.3 is 4.74 Å². The van der Waals surface area contributed by atoms with Gasteiger partial charge >= 0.3 is 0 Å². The number of allylic oxidation sites excluding steroid dienone is 5. The molecule has 0 aliphatic heterocycles. The summed E-state index contributed by atoms with van der Waals surface area (Å²) in [5.74, 6) is 0. The van der Waals surface area contributed by atoms with E-state index in [2.05, 4.69) is 43.4 Å². The van der Waals surface area contributed by atoms with E-state index in [1.165, 1.54) is 10.5 Å². The number of ether oxygens (including phenoxy) is 1. The first-order valence-electron chi connectivity index (χ1n) is 5.21. The Kier molecular flexibility index (Phi) is 3.17. The molecule has 0 saturated carbocycles. The van der Waals surface area contributed by atoms with Crippen molar-refractivity contribution in [2.24, 2.45) is 0 Å². The van der Waals surface area contributed by atoms with E-state index >= 15 is 0 Å². The van der Waals surface area contributed by atoms with Crippen LogP contribution in [0, 0.1) is 0 Å². The van der Waals surface area contributed by atoms with Crippen LogP contribution in [0.5, 0.6) is 0 Å². The number of methoxy groups -OCH3 is 1. The van der Waals surface area contributed by atoms with E-state index in [1.807, 2.05) is 11.8 Å². The van der Waals surface area contributed by atoms with E-state index in [-0.39, 0.29) is 4.93 Å². The zero-order valence-corrected chi connectivity index (χ0v) is 10.0. The maximum absolute atomic E-state index is 5.72. The van der Waals surface area contributed by atoms with Crippen LogP contribution < -0.4 is 0 Å². The summed E-state index contributed by atoms with van der Waals surface area (Å²) in [7, 11) is 1.79. The van der Waals surface area contributed by atoms with Gasteiger partial charge in [-0.05, 0) is 18.9 Å². The van der Waals surface area contributed by atoms with Crippen molar-refractivity contribution in [1.82, 2.24) is 0 Å². The molecule has 0 aromatic rings. The minimum absolute atomic E-state index is 0.185. The van der Waals surface area contributed by atoms with Crippen molar-refractivity contribution in [3.8, 4) is 0 Å². The van der Waals surface area contributed by atoms with Crippen molar-refractivity contribution in [3.63, 3.8) is 0 Å². The Morgan fingerprint density at radius 2 is 2.27 bits per heavy atom. The van der Waals surface area contributed by atoms with Crippen LogP contribution in [0.1, 0.15) is 19.8 Å². The van der Waals surface area contributed by atoms with E-state index in [9.17, 15) is 0 Å². The highest BCUT2D eigenvalue weighted by atomic mass is 32.2. The average molecular weight is 220 g/mol. The molecule has 1 unspecified atom stereocenters. The zero-order chi connectivity index (χ0) is 10.7. The third kappa shape index (κ3) is 2.11. The number of hydrogen-bond donors (Lipinski definition) is 0. The first kappa shape index (κ1) is 10.8. The number of hydrogen-bond acceptors (Lipinski definition) is 2. The van der Waals surface area contributed by atoms with Crippen molar-refractivity contribution in [1.29, 1.82) is 0 Å². The minimum atomic E-state index is -0.185. The van der Waals surface area contributed by atoms with Crippen molar-refractivity contribution in [2.75, 3.05) is 7.11 Å². The van der Waals surface area contributed by atoms with Gasteiger partial charge in [0.1, 0.15) is 4.93 Å². The fourth-order valence-electron chi connectivity index (χ4n) is 1.83. The first-order valence-corrected chi connectivity index (χ1v) is 6.03. The highest BCUT2D eigenvalue weighted by Gasteiger charge is 2.33. The van der Waals surface area contributed by atoms with E-state index in [0.717, 1.165) is 12.8 Å². The van der Waals surface area contributed by atoms with Crippen molar-refractivity contribution >= 4 is 11.8 Å².